The minimum atomic E-state index is -0.992. The third kappa shape index (κ3) is 3.98. The zero-order valence-electron chi connectivity index (χ0n) is 12.2. The first-order chi connectivity index (χ1) is 8.24. The van der Waals surface area contributed by atoms with Crippen molar-refractivity contribution in [2.24, 2.45) is 0 Å². The quantitative estimate of drug-likeness (QED) is 0.883. The summed E-state index contributed by atoms with van der Waals surface area (Å²) in [5.41, 5.74) is 2.57. The Balaban J connectivity index is 2.86. The van der Waals surface area contributed by atoms with Crippen LogP contribution in [0.1, 0.15) is 43.6 Å². The van der Waals surface area contributed by atoms with Gasteiger partial charge in [0.15, 0.2) is 0 Å². The standard InChI is InChI=1S/C15H24FNO/c1-10-8-14(18-6)11(2)7-12(10)13(16)9-17-15(3,4)5/h7-8,13,17H,9H2,1-6H3. The summed E-state index contributed by atoms with van der Waals surface area (Å²) in [6.07, 6.45) is -0.992. The highest BCUT2D eigenvalue weighted by Gasteiger charge is 2.17. The SMILES string of the molecule is COc1cc(C)c(C(F)CNC(C)(C)C)cc1C. The predicted octanol–water partition coefficient (Wildman–Crippen LogP) is 3.71. The molecular formula is C15H24FNO. The van der Waals surface area contributed by atoms with Crippen molar-refractivity contribution in [3.8, 4) is 5.75 Å². The molecule has 0 heterocycles. The van der Waals surface area contributed by atoms with Crippen molar-refractivity contribution in [2.45, 2.75) is 46.3 Å². The zero-order chi connectivity index (χ0) is 13.9. The molecule has 0 spiro atoms. The summed E-state index contributed by atoms with van der Waals surface area (Å²) in [5, 5.41) is 3.19. The van der Waals surface area contributed by atoms with Gasteiger partial charge in [-0.25, -0.2) is 4.39 Å². The van der Waals surface area contributed by atoms with Gasteiger partial charge >= 0.3 is 0 Å². The summed E-state index contributed by atoms with van der Waals surface area (Å²) in [4.78, 5) is 0. The van der Waals surface area contributed by atoms with E-state index in [1.54, 1.807) is 7.11 Å². The minimum absolute atomic E-state index is 0.0697. The summed E-state index contributed by atoms with van der Waals surface area (Å²) in [5.74, 6) is 0.812. The smallest absolute Gasteiger partial charge is 0.138 e. The molecule has 0 aliphatic carbocycles. The molecule has 102 valence electrons. The summed E-state index contributed by atoms with van der Waals surface area (Å²) in [6.45, 7) is 10.3. The van der Waals surface area contributed by atoms with Crippen molar-refractivity contribution in [1.29, 1.82) is 0 Å². The molecule has 0 aromatic heterocycles. The van der Waals surface area contributed by atoms with E-state index < -0.39 is 6.17 Å². The Bertz CT molecular complexity index is 410. The van der Waals surface area contributed by atoms with Crippen LogP contribution in [0.2, 0.25) is 0 Å². The van der Waals surface area contributed by atoms with Gasteiger partial charge in [-0.3, -0.25) is 0 Å². The normalized spacial score (nSPS) is 13.5. The number of hydrogen-bond acceptors (Lipinski definition) is 2. The van der Waals surface area contributed by atoms with E-state index in [1.807, 2.05) is 46.8 Å². The van der Waals surface area contributed by atoms with Crippen LogP contribution in [0.3, 0.4) is 0 Å². The number of benzene rings is 1. The van der Waals surface area contributed by atoms with E-state index in [4.69, 9.17) is 4.74 Å². The molecule has 3 heteroatoms. The second-order valence-corrected chi connectivity index (χ2v) is 5.78. The highest BCUT2D eigenvalue weighted by atomic mass is 19.1. The minimum Gasteiger partial charge on any atom is -0.496 e. The van der Waals surface area contributed by atoms with Crippen LogP contribution in [-0.4, -0.2) is 19.2 Å². The summed E-state index contributed by atoms with van der Waals surface area (Å²) < 4.78 is 19.5. The second kappa shape index (κ2) is 5.70. The number of methoxy groups -OCH3 is 1. The molecule has 0 saturated heterocycles. The molecule has 1 aromatic rings. The van der Waals surface area contributed by atoms with Gasteiger partial charge in [0.05, 0.1) is 7.11 Å². The zero-order valence-corrected chi connectivity index (χ0v) is 12.2. The average Bonchev–Trinajstić information content (AvgIpc) is 2.27. The Hall–Kier alpha value is -1.09. The Morgan fingerprint density at radius 3 is 2.33 bits per heavy atom. The van der Waals surface area contributed by atoms with Crippen molar-refractivity contribution in [2.75, 3.05) is 13.7 Å². The number of halogens is 1. The van der Waals surface area contributed by atoms with Gasteiger partial charge in [-0.1, -0.05) is 0 Å². The van der Waals surface area contributed by atoms with E-state index >= 15 is 0 Å². The van der Waals surface area contributed by atoms with Crippen molar-refractivity contribution in [3.05, 3.63) is 28.8 Å². The van der Waals surface area contributed by atoms with Crippen LogP contribution < -0.4 is 10.1 Å². The van der Waals surface area contributed by atoms with Crippen LogP contribution in [0.25, 0.3) is 0 Å². The van der Waals surface area contributed by atoms with Gasteiger partial charge in [-0.2, -0.15) is 0 Å². The Kier molecular flexibility index (Phi) is 4.74. The van der Waals surface area contributed by atoms with E-state index in [2.05, 4.69) is 5.32 Å². The van der Waals surface area contributed by atoms with Crippen LogP contribution in [0, 0.1) is 13.8 Å². The third-order valence-corrected chi connectivity index (χ3v) is 2.93. The van der Waals surface area contributed by atoms with Gasteiger partial charge in [0.25, 0.3) is 0 Å². The predicted molar refractivity (Wildman–Crippen MR) is 74.1 cm³/mol. The number of rotatable bonds is 4. The van der Waals surface area contributed by atoms with Crippen LogP contribution in [0.4, 0.5) is 4.39 Å². The van der Waals surface area contributed by atoms with Crippen molar-refractivity contribution in [3.63, 3.8) is 0 Å². The first-order valence-corrected chi connectivity index (χ1v) is 6.29. The van der Waals surface area contributed by atoms with E-state index in [1.165, 1.54) is 0 Å². The fourth-order valence-corrected chi connectivity index (χ4v) is 1.88. The lowest BCUT2D eigenvalue weighted by molar-refractivity contribution is 0.290. The molecule has 0 bridgehead atoms. The van der Waals surface area contributed by atoms with Gasteiger partial charge in [0.2, 0.25) is 0 Å². The molecule has 0 saturated carbocycles. The van der Waals surface area contributed by atoms with Crippen molar-refractivity contribution in [1.82, 2.24) is 5.32 Å². The van der Waals surface area contributed by atoms with Crippen LogP contribution in [0.15, 0.2) is 12.1 Å². The maximum Gasteiger partial charge on any atom is 0.138 e. The molecule has 1 aromatic carbocycles. The van der Waals surface area contributed by atoms with Crippen LogP contribution in [-0.2, 0) is 0 Å². The monoisotopic (exact) mass is 253 g/mol. The first kappa shape index (κ1) is 15.0. The molecule has 0 fully saturated rings. The molecule has 0 radical (unpaired) electrons. The molecule has 1 unspecified atom stereocenters. The van der Waals surface area contributed by atoms with Gasteiger partial charge < -0.3 is 10.1 Å². The summed E-state index contributed by atoms with van der Waals surface area (Å²) in [6, 6.07) is 3.78. The molecule has 18 heavy (non-hydrogen) atoms. The van der Waals surface area contributed by atoms with E-state index in [-0.39, 0.29) is 5.54 Å². The van der Waals surface area contributed by atoms with Gasteiger partial charge in [-0.15, -0.1) is 0 Å². The molecule has 0 aliphatic rings. The summed E-state index contributed by atoms with van der Waals surface area (Å²) in [7, 11) is 1.63. The fourth-order valence-electron chi connectivity index (χ4n) is 1.88. The van der Waals surface area contributed by atoms with Crippen molar-refractivity contribution >= 4 is 0 Å². The maximum atomic E-state index is 14.2. The Morgan fingerprint density at radius 2 is 1.83 bits per heavy atom. The molecule has 1 N–H and O–H groups in total. The fraction of sp³-hybridized carbons (Fsp3) is 0.600. The average molecular weight is 253 g/mol. The van der Waals surface area contributed by atoms with Crippen molar-refractivity contribution < 1.29 is 9.13 Å². The number of aryl methyl sites for hydroxylation is 2. The molecule has 1 rings (SSSR count). The lowest BCUT2D eigenvalue weighted by Crippen LogP contribution is -2.38. The molecule has 2 nitrogen and oxygen atoms in total. The first-order valence-electron chi connectivity index (χ1n) is 6.29. The number of alkyl halides is 1. The Morgan fingerprint density at radius 1 is 1.22 bits per heavy atom. The third-order valence-electron chi connectivity index (χ3n) is 2.93. The highest BCUT2D eigenvalue weighted by Crippen LogP contribution is 2.28. The van der Waals surface area contributed by atoms with E-state index in [9.17, 15) is 4.39 Å². The molecule has 0 amide bonds. The van der Waals surface area contributed by atoms with Gasteiger partial charge in [0.1, 0.15) is 11.9 Å². The molecule has 1 atom stereocenters. The number of ether oxygens (including phenoxy) is 1. The van der Waals surface area contributed by atoms with E-state index in [0.29, 0.717) is 6.54 Å². The largest absolute Gasteiger partial charge is 0.496 e. The summed E-state index contributed by atoms with van der Waals surface area (Å²) >= 11 is 0. The topological polar surface area (TPSA) is 21.3 Å². The van der Waals surface area contributed by atoms with E-state index in [0.717, 1.165) is 22.4 Å². The highest BCUT2D eigenvalue weighted by molar-refractivity contribution is 5.42. The maximum absolute atomic E-state index is 14.2. The second-order valence-electron chi connectivity index (χ2n) is 5.78. The number of hydrogen-bond donors (Lipinski definition) is 1. The lowest BCUT2D eigenvalue weighted by Gasteiger charge is -2.23. The molecular weight excluding hydrogens is 229 g/mol. The van der Waals surface area contributed by atoms with Gasteiger partial charge in [0, 0.05) is 12.1 Å². The van der Waals surface area contributed by atoms with Gasteiger partial charge in [-0.05, 0) is 63.4 Å². The van der Waals surface area contributed by atoms with Crippen LogP contribution in [0.5, 0.6) is 5.75 Å². The lowest BCUT2D eigenvalue weighted by atomic mass is 10.00. The van der Waals surface area contributed by atoms with Crippen LogP contribution >= 0.6 is 0 Å². The number of nitrogens with one attached hydrogen (secondary N) is 1. The molecule has 0 aliphatic heterocycles. The Labute approximate surface area is 110 Å².